The van der Waals surface area contributed by atoms with Crippen LogP contribution in [0.25, 0.3) is 28.0 Å². The monoisotopic (exact) mass is 482 g/mol. The highest BCUT2D eigenvalue weighted by molar-refractivity contribution is 6.31. The number of hydrogen-bond acceptors (Lipinski definition) is 5. The van der Waals surface area contributed by atoms with Gasteiger partial charge in [-0.1, -0.05) is 23.7 Å². The molecule has 176 valence electrons. The first-order valence-electron chi connectivity index (χ1n) is 10.8. The van der Waals surface area contributed by atoms with Crippen molar-refractivity contribution in [1.29, 1.82) is 0 Å². The summed E-state index contributed by atoms with van der Waals surface area (Å²) >= 11 is 6.55. The summed E-state index contributed by atoms with van der Waals surface area (Å²) in [6.45, 7) is 0.456. The summed E-state index contributed by atoms with van der Waals surface area (Å²) in [6, 6.07) is 11.2. The zero-order valence-electron chi connectivity index (χ0n) is 18.4. The fourth-order valence-electron chi connectivity index (χ4n) is 4.50. The van der Waals surface area contributed by atoms with Crippen LogP contribution in [0, 0.1) is 0 Å². The molecule has 0 unspecified atom stereocenters. The minimum atomic E-state index is -1.19. The SMILES string of the molecule is Cn1nccc1-c1cccc(-n2c(Cl)cc3c(=O)n(CC4(O)CCN(C(=O)O)CC4)cnc32)c1. The zero-order chi connectivity index (χ0) is 24.0. The standard InChI is InChI=1S/C23H23ClN6O4/c1-27-18(5-8-26-27)15-3-2-4-16(11-15)30-19(24)12-17-20(30)25-14-29(21(17)31)13-23(34)6-9-28(10-7-23)22(32)33/h2-5,8,11-12,14,34H,6-7,9-10,13H2,1H3,(H,32,33). The third-order valence-electron chi connectivity index (χ3n) is 6.39. The van der Waals surface area contributed by atoms with Crippen LogP contribution in [0.1, 0.15) is 12.8 Å². The van der Waals surface area contributed by atoms with E-state index in [1.54, 1.807) is 21.5 Å². The van der Waals surface area contributed by atoms with Gasteiger partial charge < -0.3 is 15.1 Å². The van der Waals surface area contributed by atoms with Gasteiger partial charge in [-0.05, 0) is 37.1 Å². The number of likely N-dealkylation sites (tertiary alicyclic amines) is 1. The zero-order valence-corrected chi connectivity index (χ0v) is 19.2. The van der Waals surface area contributed by atoms with E-state index in [-0.39, 0.29) is 38.0 Å². The number of rotatable bonds is 4. The van der Waals surface area contributed by atoms with Gasteiger partial charge in [-0.25, -0.2) is 9.78 Å². The summed E-state index contributed by atoms with van der Waals surface area (Å²) in [5.74, 6) is 0. The Morgan fingerprint density at radius 1 is 1.21 bits per heavy atom. The molecule has 1 aromatic carbocycles. The second-order valence-electron chi connectivity index (χ2n) is 8.60. The molecule has 0 radical (unpaired) electrons. The summed E-state index contributed by atoms with van der Waals surface area (Å²) in [6.07, 6.45) is 2.61. The average Bonchev–Trinajstić information content (AvgIpc) is 3.39. The van der Waals surface area contributed by atoms with Crippen molar-refractivity contribution >= 4 is 28.7 Å². The van der Waals surface area contributed by atoms with Crippen molar-refractivity contribution in [3.63, 3.8) is 0 Å². The van der Waals surface area contributed by atoms with Crippen LogP contribution >= 0.6 is 11.6 Å². The van der Waals surface area contributed by atoms with Crippen LogP contribution in [0.3, 0.4) is 0 Å². The molecule has 10 nitrogen and oxygen atoms in total. The lowest BCUT2D eigenvalue weighted by Crippen LogP contribution is -2.49. The Labute approximate surface area is 199 Å². The third-order valence-corrected chi connectivity index (χ3v) is 6.67. The van der Waals surface area contributed by atoms with Crippen LogP contribution in [0.4, 0.5) is 4.79 Å². The molecule has 34 heavy (non-hydrogen) atoms. The topological polar surface area (TPSA) is 118 Å². The number of aryl methyl sites for hydroxylation is 1. The van der Waals surface area contributed by atoms with E-state index in [1.165, 1.54) is 15.8 Å². The van der Waals surface area contributed by atoms with Gasteiger partial charge in [0.05, 0.1) is 23.2 Å². The van der Waals surface area contributed by atoms with E-state index < -0.39 is 11.7 Å². The first kappa shape index (κ1) is 22.2. The molecule has 11 heteroatoms. The number of hydrogen-bond donors (Lipinski definition) is 2. The second kappa shape index (κ2) is 8.30. The van der Waals surface area contributed by atoms with Gasteiger partial charge >= 0.3 is 6.09 Å². The highest BCUT2D eigenvalue weighted by atomic mass is 35.5. The van der Waals surface area contributed by atoms with E-state index in [0.29, 0.717) is 16.2 Å². The minimum absolute atomic E-state index is 0.0288. The molecule has 3 aromatic heterocycles. The molecule has 1 amide bonds. The highest BCUT2D eigenvalue weighted by Gasteiger charge is 2.34. The molecule has 0 saturated carbocycles. The van der Waals surface area contributed by atoms with Crippen LogP contribution in [0.5, 0.6) is 0 Å². The van der Waals surface area contributed by atoms with Crippen LogP contribution in [0.15, 0.2) is 53.7 Å². The van der Waals surface area contributed by atoms with Crippen molar-refractivity contribution in [3.05, 3.63) is 64.4 Å². The Morgan fingerprint density at radius 2 is 1.97 bits per heavy atom. The van der Waals surface area contributed by atoms with Gasteiger partial charge in [0.25, 0.3) is 5.56 Å². The molecular formula is C23H23ClN6O4. The van der Waals surface area contributed by atoms with E-state index in [4.69, 9.17) is 16.7 Å². The number of halogens is 1. The second-order valence-corrected chi connectivity index (χ2v) is 8.99. The van der Waals surface area contributed by atoms with Gasteiger partial charge in [-0.3, -0.25) is 18.6 Å². The van der Waals surface area contributed by atoms with Crippen LogP contribution < -0.4 is 5.56 Å². The molecule has 1 aliphatic heterocycles. The molecule has 4 aromatic rings. The summed E-state index contributed by atoms with van der Waals surface area (Å²) in [7, 11) is 1.86. The van der Waals surface area contributed by atoms with Gasteiger partial charge in [0.2, 0.25) is 0 Å². The quantitative estimate of drug-likeness (QED) is 0.461. The lowest BCUT2D eigenvalue weighted by Gasteiger charge is -2.37. The number of nitrogens with zero attached hydrogens (tertiary/aromatic N) is 6. The van der Waals surface area contributed by atoms with E-state index in [9.17, 15) is 14.7 Å². The van der Waals surface area contributed by atoms with Crippen molar-refractivity contribution in [2.75, 3.05) is 13.1 Å². The number of aromatic nitrogens is 5. The fraction of sp³-hybridized carbons (Fsp3) is 0.304. The number of amides is 1. The molecular weight excluding hydrogens is 460 g/mol. The van der Waals surface area contributed by atoms with Gasteiger partial charge in [0.1, 0.15) is 11.5 Å². The Bertz CT molecular complexity index is 1450. The molecule has 1 aliphatic rings. The molecule has 1 fully saturated rings. The van der Waals surface area contributed by atoms with E-state index >= 15 is 0 Å². The summed E-state index contributed by atoms with van der Waals surface area (Å²) in [5.41, 5.74) is 1.55. The van der Waals surface area contributed by atoms with E-state index in [2.05, 4.69) is 10.1 Å². The van der Waals surface area contributed by atoms with E-state index in [1.807, 2.05) is 37.4 Å². The molecule has 1 saturated heterocycles. The van der Waals surface area contributed by atoms with Crippen molar-refractivity contribution in [3.8, 4) is 16.9 Å². The van der Waals surface area contributed by atoms with Gasteiger partial charge in [0.15, 0.2) is 5.65 Å². The maximum absolute atomic E-state index is 13.2. The molecule has 0 atom stereocenters. The minimum Gasteiger partial charge on any atom is -0.465 e. The third kappa shape index (κ3) is 3.84. The molecule has 0 bridgehead atoms. The lowest BCUT2D eigenvalue weighted by molar-refractivity contribution is -0.0304. The van der Waals surface area contributed by atoms with Crippen LogP contribution in [-0.4, -0.2) is 63.8 Å². The van der Waals surface area contributed by atoms with Crippen molar-refractivity contribution in [2.45, 2.75) is 25.0 Å². The Kier molecular flexibility index (Phi) is 5.41. The summed E-state index contributed by atoms with van der Waals surface area (Å²) < 4.78 is 4.85. The van der Waals surface area contributed by atoms with Crippen LogP contribution in [-0.2, 0) is 13.6 Å². The first-order valence-corrected chi connectivity index (χ1v) is 11.2. The van der Waals surface area contributed by atoms with Gasteiger partial charge in [-0.15, -0.1) is 0 Å². The van der Waals surface area contributed by atoms with Gasteiger partial charge in [-0.2, -0.15) is 5.10 Å². The number of carboxylic acid groups (broad SMARTS) is 1. The molecule has 4 heterocycles. The van der Waals surface area contributed by atoms with Crippen LogP contribution in [0.2, 0.25) is 5.15 Å². The number of carbonyl (C=O) groups is 1. The molecule has 5 rings (SSSR count). The maximum Gasteiger partial charge on any atom is 0.407 e. The van der Waals surface area contributed by atoms with Crippen molar-refractivity contribution in [2.24, 2.45) is 7.05 Å². The predicted molar refractivity (Wildman–Crippen MR) is 126 cm³/mol. The molecule has 0 spiro atoms. The maximum atomic E-state index is 13.2. The van der Waals surface area contributed by atoms with Crippen molar-refractivity contribution < 1.29 is 15.0 Å². The Balaban J connectivity index is 1.49. The average molecular weight is 483 g/mol. The predicted octanol–water partition coefficient (Wildman–Crippen LogP) is 2.75. The summed E-state index contributed by atoms with van der Waals surface area (Å²) in [5, 5.41) is 25.0. The number of benzene rings is 1. The number of aliphatic hydroxyl groups is 1. The largest absolute Gasteiger partial charge is 0.465 e. The lowest BCUT2D eigenvalue weighted by atomic mass is 9.91. The number of piperidine rings is 1. The molecule has 2 N–H and O–H groups in total. The van der Waals surface area contributed by atoms with Gasteiger partial charge in [0, 0.05) is 37.6 Å². The first-order chi connectivity index (χ1) is 16.3. The highest BCUT2D eigenvalue weighted by Crippen LogP contribution is 2.29. The number of fused-ring (bicyclic) bond motifs is 1. The molecule has 0 aliphatic carbocycles. The van der Waals surface area contributed by atoms with E-state index in [0.717, 1.165) is 16.9 Å². The fourth-order valence-corrected chi connectivity index (χ4v) is 4.78. The summed E-state index contributed by atoms with van der Waals surface area (Å²) in [4.78, 5) is 30.1. The van der Waals surface area contributed by atoms with Crippen molar-refractivity contribution in [1.82, 2.24) is 28.8 Å². The Hall–Kier alpha value is -3.63. The normalized spacial score (nSPS) is 15.7. The Morgan fingerprint density at radius 3 is 2.65 bits per heavy atom. The smallest absolute Gasteiger partial charge is 0.407 e.